The highest BCUT2D eigenvalue weighted by molar-refractivity contribution is 8.13. The summed E-state index contributed by atoms with van der Waals surface area (Å²) in [4.78, 5) is 10.2. The van der Waals surface area contributed by atoms with Crippen LogP contribution in [-0.2, 0) is 9.05 Å². The predicted molar refractivity (Wildman–Crippen MR) is 54.1 cm³/mol. The van der Waals surface area contributed by atoms with E-state index in [2.05, 4.69) is 10.7 Å². The molecule has 0 atom stereocenters. The summed E-state index contributed by atoms with van der Waals surface area (Å²) in [6.45, 7) is 0. The highest BCUT2D eigenvalue weighted by atomic mass is 35.7. The lowest BCUT2D eigenvalue weighted by Gasteiger charge is -1.91. The summed E-state index contributed by atoms with van der Waals surface area (Å²) in [7, 11) is 1.31. The van der Waals surface area contributed by atoms with Crippen LogP contribution in [0.3, 0.4) is 0 Å². The number of hydrogen-bond acceptors (Lipinski definition) is 3. The summed E-state index contributed by atoms with van der Waals surface area (Å²) in [5.41, 5.74) is -0.0278. The molecule has 0 unspecified atom stereocenters. The van der Waals surface area contributed by atoms with E-state index >= 15 is 0 Å². The van der Waals surface area contributed by atoms with Crippen molar-refractivity contribution in [1.82, 2.24) is 0 Å². The summed E-state index contributed by atoms with van der Waals surface area (Å²) in [5, 5.41) is 8.34. The first-order chi connectivity index (χ1) is 6.70. The van der Waals surface area contributed by atoms with Crippen LogP contribution in [0.15, 0.2) is 24.3 Å². The fourth-order valence-electron chi connectivity index (χ4n) is 0.622. The molecule has 1 aromatic carbocycles. The molecule has 0 aliphatic carbocycles. The molecule has 0 fully saturated rings. The Morgan fingerprint density at radius 3 is 2.20 bits per heavy atom. The molecule has 0 amide bonds. The van der Waals surface area contributed by atoms with Gasteiger partial charge in [0.15, 0.2) is 0 Å². The van der Waals surface area contributed by atoms with Crippen LogP contribution in [0.2, 0.25) is 0 Å². The first-order valence-corrected chi connectivity index (χ1v) is 6.30. The fraction of sp³-hybridized carbons (Fsp3) is 0.125. The average Bonchev–Trinajstić information content (AvgIpc) is 2.00. The fourth-order valence-corrected chi connectivity index (χ4v) is 0.622. The number of benzene rings is 1. The Bertz CT molecular complexity index is 436. The van der Waals surface area contributed by atoms with Crippen LogP contribution in [0.25, 0.3) is 0 Å². The Labute approximate surface area is 90.7 Å². The minimum absolute atomic E-state index is 0.0278. The lowest BCUT2D eigenvalue weighted by molar-refractivity contribution is 0.0696. The summed E-state index contributed by atoms with van der Waals surface area (Å²) >= 11 is 0. The number of carboxylic acids is 1. The largest absolute Gasteiger partial charge is 0.478 e. The highest BCUT2D eigenvalue weighted by Gasteiger charge is 2.01. The molecule has 0 bridgehead atoms. The lowest BCUT2D eigenvalue weighted by atomic mass is 10.2. The minimum Gasteiger partial charge on any atom is -0.478 e. The van der Waals surface area contributed by atoms with Crippen LogP contribution >= 0.6 is 10.7 Å². The van der Waals surface area contributed by atoms with Gasteiger partial charge in [-0.15, -0.1) is 0 Å². The van der Waals surface area contributed by atoms with Gasteiger partial charge in [-0.05, 0) is 18.2 Å². The second kappa shape index (κ2) is 5.67. The molecule has 0 radical (unpaired) electrons. The molecule has 0 saturated heterocycles. The molecule has 1 rings (SSSR count). The van der Waals surface area contributed by atoms with Gasteiger partial charge in [0.2, 0.25) is 9.05 Å². The van der Waals surface area contributed by atoms with Crippen LogP contribution in [-0.4, -0.2) is 25.7 Å². The van der Waals surface area contributed by atoms with Gasteiger partial charge in [-0.2, -0.15) is 0 Å². The van der Waals surface area contributed by atoms with E-state index in [1.54, 1.807) is 0 Å². The van der Waals surface area contributed by atoms with E-state index in [9.17, 15) is 17.6 Å². The zero-order valence-electron chi connectivity index (χ0n) is 7.65. The van der Waals surface area contributed by atoms with Crippen LogP contribution < -0.4 is 0 Å². The first-order valence-electron chi connectivity index (χ1n) is 3.58. The molecular weight excluding hydrogens is 247 g/mol. The van der Waals surface area contributed by atoms with Gasteiger partial charge in [-0.1, -0.05) is 6.07 Å². The SMILES string of the molecule is CS(=O)(=O)Cl.O=C(O)c1cccc(F)c1. The molecule has 4 nitrogen and oxygen atoms in total. The third kappa shape index (κ3) is 9.17. The van der Waals surface area contributed by atoms with Crippen molar-refractivity contribution in [2.24, 2.45) is 0 Å². The number of carboxylic acid groups (broad SMARTS) is 1. The van der Waals surface area contributed by atoms with E-state index < -0.39 is 20.8 Å². The Hall–Kier alpha value is -1.14. The molecule has 84 valence electrons. The van der Waals surface area contributed by atoms with E-state index in [1.807, 2.05) is 0 Å². The van der Waals surface area contributed by atoms with Crippen molar-refractivity contribution >= 4 is 25.7 Å². The number of carbonyl (C=O) groups is 1. The van der Waals surface area contributed by atoms with Gasteiger partial charge in [-0.3, -0.25) is 0 Å². The van der Waals surface area contributed by atoms with Crippen molar-refractivity contribution < 1.29 is 22.7 Å². The first kappa shape index (κ1) is 13.9. The van der Waals surface area contributed by atoms with Gasteiger partial charge in [-0.25, -0.2) is 17.6 Å². The Morgan fingerprint density at radius 2 is 1.93 bits per heavy atom. The maximum atomic E-state index is 12.3. The molecule has 1 N–H and O–H groups in total. The monoisotopic (exact) mass is 254 g/mol. The van der Waals surface area contributed by atoms with E-state index in [0.29, 0.717) is 0 Å². The Kier molecular flexibility index (Phi) is 5.24. The molecule has 0 aliphatic heterocycles. The normalized spacial score (nSPS) is 10.1. The van der Waals surface area contributed by atoms with Crippen molar-refractivity contribution in [3.8, 4) is 0 Å². The van der Waals surface area contributed by atoms with Crippen LogP contribution in [0.1, 0.15) is 10.4 Å². The van der Waals surface area contributed by atoms with Gasteiger partial charge in [0.05, 0.1) is 11.8 Å². The second-order valence-corrected chi connectivity index (χ2v) is 5.54. The van der Waals surface area contributed by atoms with Crippen LogP contribution in [0.4, 0.5) is 4.39 Å². The van der Waals surface area contributed by atoms with Crippen molar-refractivity contribution in [3.05, 3.63) is 35.6 Å². The smallest absolute Gasteiger partial charge is 0.335 e. The minimum atomic E-state index is -3.19. The van der Waals surface area contributed by atoms with E-state index in [-0.39, 0.29) is 5.56 Å². The standard InChI is InChI=1S/C7H5FO2.CH3ClO2S/c8-6-3-1-2-5(4-6)7(9)10;1-5(2,3)4/h1-4H,(H,9,10);1H3. The van der Waals surface area contributed by atoms with Gasteiger partial charge in [0.1, 0.15) is 5.82 Å². The third-order valence-corrected chi connectivity index (χ3v) is 1.07. The van der Waals surface area contributed by atoms with E-state index in [1.165, 1.54) is 18.2 Å². The van der Waals surface area contributed by atoms with Crippen molar-refractivity contribution in [2.75, 3.05) is 6.26 Å². The number of aromatic carboxylic acids is 1. The van der Waals surface area contributed by atoms with Crippen molar-refractivity contribution in [2.45, 2.75) is 0 Å². The molecule has 0 spiro atoms. The van der Waals surface area contributed by atoms with Crippen LogP contribution in [0, 0.1) is 5.82 Å². The Morgan fingerprint density at radius 1 is 1.47 bits per heavy atom. The molecular formula is C8H8ClFO4S. The zero-order valence-corrected chi connectivity index (χ0v) is 9.22. The molecule has 0 aromatic heterocycles. The van der Waals surface area contributed by atoms with Gasteiger partial charge in [0, 0.05) is 10.7 Å². The topological polar surface area (TPSA) is 71.4 Å². The quantitative estimate of drug-likeness (QED) is 0.775. The highest BCUT2D eigenvalue weighted by Crippen LogP contribution is 2.02. The molecule has 0 heterocycles. The van der Waals surface area contributed by atoms with Crippen molar-refractivity contribution in [3.63, 3.8) is 0 Å². The van der Waals surface area contributed by atoms with Crippen LogP contribution in [0.5, 0.6) is 0 Å². The zero-order chi connectivity index (χ0) is 12.1. The third-order valence-electron chi connectivity index (χ3n) is 1.07. The second-order valence-electron chi connectivity index (χ2n) is 2.50. The summed E-state index contributed by atoms with van der Waals surface area (Å²) < 4.78 is 31.1. The van der Waals surface area contributed by atoms with Gasteiger partial charge >= 0.3 is 5.97 Å². The van der Waals surface area contributed by atoms with E-state index in [0.717, 1.165) is 12.3 Å². The summed E-state index contributed by atoms with van der Waals surface area (Å²) in [6.07, 6.45) is 0.925. The molecule has 1 aromatic rings. The lowest BCUT2D eigenvalue weighted by Crippen LogP contribution is -1.95. The maximum Gasteiger partial charge on any atom is 0.335 e. The van der Waals surface area contributed by atoms with E-state index in [4.69, 9.17) is 5.11 Å². The summed E-state index contributed by atoms with van der Waals surface area (Å²) in [6, 6.07) is 4.87. The van der Waals surface area contributed by atoms with Crippen molar-refractivity contribution in [1.29, 1.82) is 0 Å². The van der Waals surface area contributed by atoms with Gasteiger partial charge < -0.3 is 5.11 Å². The number of hydrogen-bond donors (Lipinski definition) is 1. The molecule has 7 heteroatoms. The number of halogens is 2. The predicted octanol–water partition coefficient (Wildman–Crippen LogP) is 1.71. The summed E-state index contributed by atoms with van der Waals surface area (Å²) in [5.74, 6) is -1.64. The molecule has 15 heavy (non-hydrogen) atoms. The molecule has 0 aliphatic rings. The number of rotatable bonds is 1. The van der Waals surface area contributed by atoms with Gasteiger partial charge in [0.25, 0.3) is 0 Å². The Balaban J connectivity index is 0.000000336. The maximum absolute atomic E-state index is 12.3. The average molecular weight is 255 g/mol. The molecule has 0 saturated carbocycles.